The minimum Gasteiger partial charge on any atom is -0.320 e. The first kappa shape index (κ1) is 23.1. The lowest BCUT2D eigenvalue weighted by Crippen LogP contribution is -2.18. The summed E-state index contributed by atoms with van der Waals surface area (Å²) >= 11 is 14.9. The van der Waals surface area contributed by atoms with Crippen molar-refractivity contribution < 1.29 is 13.2 Å². The van der Waals surface area contributed by atoms with E-state index in [9.17, 15) is 13.2 Å². The van der Waals surface area contributed by atoms with E-state index in [1.807, 2.05) is 6.26 Å². The lowest BCUT2D eigenvalue weighted by molar-refractivity contribution is -0.112. The summed E-state index contributed by atoms with van der Waals surface area (Å²) < 4.78 is 26.1. The fraction of sp³-hybridized carbons (Fsp3) is 0.0952. The fourth-order valence-electron chi connectivity index (χ4n) is 2.94. The Labute approximate surface area is 203 Å². The third-order valence-electron chi connectivity index (χ3n) is 4.52. The normalized spacial score (nSPS) is 14.8. The van der Waals surface area contributed by atoms with Gasteiger partial charge in [0.05, 0.1) is 26.9 Å². The highest BCUT2D eigenvalue weighted by molar-refractivity contribution is 8.04. The molecule has 2 heterocycles. The number of amides is 1. The van der Waals surface area contributed by atoms with Crippen LogP contribution in [0.2, 0.25) is 10.0 Å². The van der Waals surface area contributed by atoms with Crippen LogP contribution in [0.15, 0.2) is 68.5 Å². The summed E-state index contributed by atoms with van der Waals surface area (Å²) in [5, 5.41) is 3.97. The molecule has 32 heavy (non-hydrogen) atoms. The molecule has 3 aromatic rings. The molecule has 6 nitrogen and oxygen atoms in total. The molecule has 1 amide bonds. The number of hydrogen-bond donors (Lipinski definition) is 1. The molecule has 0 unspecified atom stereocenters. The van der Waals surface area contributed by atoms with Crippen LogP contribution < -0.4 is 5.32 Å². The number of anilines is 1. The van der Waals surface area contributed by atoms with Crippen LogP contribution in [0.3, 0.4) is 0 Å². The topological polar surface area (TPSA) is 89.0 Å². The Hall–Kier alpha value is -2.04. The number of aromatic nitrogens is 2. The Morgan fingerprint density at radius 2 is 1.91 bits per heavy atom. The summed E-state index contributed by atoms with van der Waals surface area (Å²) in [5.41, 5.74) is 1.48. The summed E-state index contributed by atoms with van der Waals surface area (Å²) in [6, 6.07) is 11.1. The number of carbonyl (C=O) groups is 1. The van der Waals surface area contributed by atoms with E-state index in [2.05, 4.69) is 15.3 Å². The zero-order valence-corrected chi connectivity index (χ0v) is 20.5. The molecule has 0 saturated heterocycles. The lowest BCUT2D eigenvalue weighted by atomic mass is 10.2. The Morgan fingerprint density at radius 1 is 1.16 bits per heavy atom. The molecule has 2 aromatic carbocycles. The maximum Gasteiger partial charge on any atom is 0.262 e. The van der Waals surface area contributed by atoms with Crippen molar-refractivity contribution in [1.82, 2.24) is 9.97 Å². The number of hydrogen-bond acceptors (Lipinski definition) is 7. The predicted molar refractivity (Wildman–Crippen MR) is 130 cm³/mol. The minimum absolute atomic E-state index is 0.113. The van der Waals surface area contributed by atoms with Gasteiger partial charge in [0, 0.05) is 26.7 Å². The number of sulfone groups is 1. The first-order valence-electron chi connectivity index (χ1n) is 9.14. The Bertz CT molecular complexity index is 1340. The number of rotatable bonds is 5. The standard InChI is InChI=1S/C21H15Cl2N3O3S3/c1-30-21-24-8-7-12(25-21)9-19-20(27)26-17-6-5-13(10-18(17)31-19)32(28,29)11-14-15(22)3-2-4-16(14)23/h2-10H,11H2,1H3,(H,26,27). The second-order valence-corrected chi connectivity index (χ2v) is 11.3. The number of benzene rings is 2. The predicted octanol–water partition coefficient (Wildman–Crippen LogP) is 5.56. The van der Waals surface area contributed by atoms with E-state index in [-0.39, 0.29) is 16.6 Å². The van der Waals surface area contributed by atoms with Crippen LogP contribution in [0.25, 0.3) is 6.08 Å². The minimum atomic E-state index is -3.73. The zero-order chi connectivity index (χ0) is 22.9. The number of fused-ring (bicyclic) bond motifs is 1. The number of nitrogens with zero attached hydrogens (tertiary/aromatic N) is 2. The first-order valence-corrected chi connectivity index (χ1v) is 13.6. The van der Waals surface area contributed by atoms with Crippen LogP contribution in [0.4, 0.5) is 5.69 Å². The average Bonchev–Trinajstić information content (AvgIpc) is 2.77. The van der Waals surface area contributed by atoms with Crippen molar-refractivity contribution in [3.05, 3.63) is 74.9 Å². The number of halogens is 2. The van der Waals surface area contributed by atoms with E-state index in [0.29, 0.717) is 41.9 Å². The molecular formula is C21H15Cl2N3O3S3. The van der Waals surface area contributed by atoms with E-state index in [1.54, 1.807) is 48.7 Å². The molecule has 4 rings (SSSR count). The van der Waals surface area contributed by atoms with Gasteiger partial charge in [-0.3, -0.25) is 4.79 Å². The third kappa shape index (κ3) is 4.97. The van der Waals surface area contributed by atoms with Gasteiger partial charge in [-0.2, -0.15) is 0 Å². The van der Waals surface area contributed by atoms with Gasteiger partial charge in [-0.25, -0.2) is 18.4 Å². The van der Waals surface area contributed by atoms with Gasteiger partial charge >= 0.3 is 0 Å². The molecule has 0 radical (unpaired) electrons. The van der Waals surface area contributed by atoms with Gasteiger partial charge in [-0.15, -0.1) is 0 Å². The van der Waals surface area contributed by atoms with Gasteiger partial charge in [0.15, 0.2) is 15.0 Å². The highest BCUT2D eigenvalue weighted by Crippen LogP contribution is 2.40. The van der Waals surface area contributed by atoms with E-state index in [1.165, 1.54) is 29.6 Å². The SMILES string of the molecule is CSc1nccc(C=C2Sc3cc(S(=O)(=O)Cc4c(Cl)cccc4Cl)ccc3NC2=O)n1. The van der Waals surface area contributed by atoms with E-state index in [4.69, 9.17) is 23.2 Å². The highest BCUT2D eigenvalue weighted by atomic mass is 35.5. The van der Waals surface area contributed by atoms with Crippen LogP contribution in [0, 0.1) is 0 Å². The van der Waals surface area contributed by atoms with Crippen LogP contribution in [0.1, 0.15) is 11.3 Å². The number of carbonyl (C=O) groups excluding carboxylic acids is 1. The van der Waals surface area contributed by atoms with Gasteiger partial charge in [0.25, 0.3) is 5.91 Å². The average molecular weight is 524 g/mol. The first-order chi connectivity index (χ1) is 15.3. The molecule has 0 atom stereocenters. The van der Waals surface area contributed by atoms with Crippen molar-refractivity contribution >= 4 is 74.2 Å². The summed E-state index contributed by atoms with van der Waals surface area (Å²) in [5.74, 6) is -0.618. The lowest BCUT2D eigenvalue weighted by Gasteiger charge is -2.19. The van der Waals surface area contributed by atoms with Gasteiger partial charge in [-0.1, -0.05) is 52.8 Å². The molecule has 0 fully saturated rings. The van der Waals surface area contributed by atoms with Crippen molar-refractivity contribution in [2.24, 2.45) is 0 Å². The number of thioether (sulfide) groups is 2. The summed E-state index contributed by atoms with van der Waals surface area (Å²) in [4.78, 5) is 22.1. The summed E-state index contributed by atoms with van der Waals surface area (Å²) in [6.45, 7) is 0. The molecular weight excluding hydrogens is 509 g/mol. The van der Waals surface area contributed by atoms with Crippen molar-refractivity contribution in [2.45, 2.75) is 20.7 Å². The smallest absolute Gasteiger partial charge is 0.262 e. The maximum atomic E-state index is 13.1. The summed E-state index contributed by atoms with van der Waals surface area (Å²) in [6.07, 6.45) is 5.13. The molecule has 1 aliphatic rings. The largest absolute Gasteiger partial charge is 0.320 e. The quantitative estimate of drug-likeness (QED) is 0.265. The molecule has 0 bridgehead atoms. The second kappa shape index (κ2) is 9.44. The molecule has 1 aliphatic heterocycles. The van der Waals surface area contributed by atoms with Gasteiger partial charge in [0.1, 0.15) is 0 Å². The van der Waals surface area contributed by atoms with Crippen molar-refractivity contribution in [1.29, 1.82) is 0 Å². The van der Waals surface area contributed by atoms with Crippen LogP contribution in [0.5, 0.6) is 0 Å². The molecule has 0 aliphatic carbocycles. The van der Waals surface area contributed by atoms with E-state index in [0.717, 1.165) is 0 Å². The van der Waals surface area contributed by atoms with Crippen molar-refractivity contribution in [3.8, 4) is 0 Å². The molecule has 0 spiro atoms. The Kier molecular flexibility index (Phi) is 6.83. The Morgan fingerprint density at radius 3 is 2.62 bits per heavy atom. The number of nitrogens with one attached hydrogen (secondary N) is 1. The molecule has 0 saturated carbocycles. The highest BCUT2D eigenvalue weighted by Gasteiger charge is 2.25. The Balaban J connectivity index is 1.65. The van der Waals surface area contributed by atoms with Crippen molar-refractivity contribution in [3.63, 3.8) is 0 Å². The second-order valence-electron chi connectivity index (χ2n) is 6.65. The van der Waals surface area contributed by atoms with Crippen LogP contribution >= 0.6 is 46.7 Å². The fourth-order valence-corrected chi connectivity index (χ4v) is 6.47. The molecule has 1 N–H and O–H groups in total. The third-order valence-corrected chi connectivity index (χ3v) is 8.51. The van der Waals surface area contributed by atoms with Crippen molar-refractivity contribution in [2.75, 3.05) is 11.6 Å². The van der Waals surface area contributed by atoms with E-state index < -0.39 is 9.84 Å². The zero-order valence-electron chi connectivity index (χ0n) is 16.5. The van der Waals surface area contributed by atoms with Gasteiger partial charge in [-0.05, 0) is 48.7 Å². The summed E-state index contributed by atoms with van der Waals surface area (Å²) in [7, 11) is -3.73. The molecule has 1 aromatic heterocycles. The molecule has 11 heteroatoms. The van der Waals surface area contributed by atoms with E-state index >= 15 is 0 Å². The molecule has 164 valence electrons. The monoisotopic (exact) mass is 523 g/mol. The van der Waals surface area contributed by atoms with Crippen LogP contribution in [-0.4, -0.2) is 30.5 Å². The van der Waals surface area contributed by atoms with Crippen LogP contribution in [-0.2, 0) is 20.4 Å². The van der Waals surface area contributed by atoms with Gasteiger partial charge in [0.2, 0.25) is 0 Å². The van der Waals surface area contributed by atoms with Gasteiger partial charge < -0.3 is 5.32 Å². The maximum absolute atomic E-state index is 13.1.